The number of anilines is 3. The zero-order valence-electron chi connectivity index (χ0n) is 39.6. The smallest absolute Gasteiger partial charge is 0.261 e. The number of fused-ring (bicyclic) bond motifs is 10. The normalized spacial score (nSPS) is 19.0. The van der Waals surface area contributed by atoms with Gasteiger partial charge in [-0.3, -0.25) is 0 Å². The van der Waals surface area contributed by atoms with E-state index in [2.05, 4.69) is 157 Å². The summed E-state index contributed by atoms with van der Waals surface area (Å²) in [4.78, 5) is 4.05. The van der Waals surface area contributed by atoms with Crippen LogP contribution >= 0.6 is 23.1 Å². The van der Waals surface area contributed by atoms with Crippen molar-refractivity contribution in [2.75, 3.05) is 4.90 Å². The van der Waals surface area contributed by atoms with Gasteiger partial charge in [0.05, 0.1) is 5.56 Å². The number of nitrogens with zero attached hydrogens (tertiary/aromatic N) is 1. The van der Waals surface area contributed by atoms with Gasteiger partial charge in [-0.2, -0.15) is 0 Å². The number of hydrogen-bond donors (Lipinski definition) is 0. The molecule has 7 heteroatoms. The topological polar surface area (TPSA) is 16.4 Å². The predicted molar refractivity (Wildman–Crippen MR) is 282 cm³/mol. The average Bonchev–Trinajstić information content (AvgIpc) is 3.91. The minimum Gasteiger partial charge on any atom is -0.456 e. The van der Waals surface area contributed by atoms with Crippen molar-refractivity contribution in [2.24, 2.45) is 0 Å². The highest BCUT2D eigenvalue weighted by atomic mass is 32.2. The first kappa shape index (κ1) is 42.7. The molecule has 3 aliphatic rings. The summed E-state index contributed by atoms with van der Waals surface area (Å²) in [7, 11) is 0. The standard InChI is InChI=1S/C60H54BF2NOS2/c1-34-13-11-16-48-54(34)61(55-49(64(48)40-21-19-39(20-22-40)58(4,5)6)25-24-45-56(55)67-60(8)28-10-9-27-59(45,60)7)57-44(43-29-35(2)36(3)30-52(43)66-57)31-37-17-23-41-42-33-38(18-26-50(42)65-51(41)32-37)53-46(62)14-12-15-47(53)63/h11-26,29-30,32-33H,9-10,27-28,31H2,1-8H3. The number of aryl methyl sites for hydroxylation is 3. The number of halogens is 2. The molecule has 2 aromatic heterocycles. The van der Waals surface area contributed by atoms with Crippen molar-refractivity contribution >= 4 is 94.6 Å². The third-order valence-electron chi connectivity index (χ3n) is 16.1. The van der Waals surface area contributed by atoms with Crippen LogP contribution in [0.4, 0.5) is 25.8 Å². The molecule has 1 saturated carbocycles. The fraction of sp³-hybridized carbons (Fsp3) is 0.267. The van der Waals surface area contributed by atoms with Gasteiger partial charge in [-0.15, -0.1) is 23.1 Å². The SMILES string of the molecule is Cc1cc2sc(B3c4c(C)cccc4N(c4ccc(C(C)(C)C)cc4)c4ccc5c(c43)SC3(C)CCCCC53C)c(Cc3ccc4c(c3)oc3ccc(-c5c(F)cccc5F)cc34)c2cc1C. The summed E-state index contributed by atoms with van der Waals surface area (Å²) in [6.45, 7) is 18.8. The Bertz CT molecular complexity index is 3510. The fourth-order valence-corrected chi connectivity index (χ4v) is 15.3. The highest BCUT2D eigenvalue weighted by Crippen LogP contribution is 2.63. The summed E-state index contributed by atoms with van der Waals surface area (Å²) in [5.41, 5.74) is 17.9. The molecule has 0 bridgehead atoms. The third-order valence-corrected chi connectivity index (χ3v) is 19.1. The molecule has 2 aliphatic heterocycles. The second-order valence-electron chi connectivity index (χ2n) is 21.1. The van der Waals surface area contributed by atoms with E-state index in [0.717, 1.165) is 28.3 Å². The van der Waals surface area contributed by atoms with Crippen molar-refractivity contribution in [3.63, 3.8) is 0 Å². The van der Waals surface area contributed by atoms with Crippen LogP contribution < -0.4 is 20.6 Å². The van der Waals surface area contributed by atoms with Crippen LogP contribution in [0.25, 0.3) is 43.2 Å². The van der Waals surface area contributed by atoms with E-state index in [9.17, 15) is 8.78 Å². The maximum absolute atomic E-state index is 15.0. The first-order valence-corrected chi connectivity index (χ1v) is 25.5. The van der Waals surface area contributed by atoms with Crippen LogP contribution in [0.1, 0.15) is 99.2 Å². The molecule has 2 unspecified atom stereocenters. The molecule has 1 fully saturated rings. The lowest BCUT2D eigenvalue weighted by Gasteiger charge is -2.45. The van der Waals surface area contributed by atoms with Crippen LogP contribution in [0.3, 0.4) is 0 Å². The molecule has 12 rings (SSSR count). The van der Waals surface area contributed by atoms with Crippen molar-refractivity contribution in [3.8, 4) is 11.1 Å². The molecular formula is C60H54BF2NOS2. The minimum atomic E-state index is -0.579. The van der Waals surface area contributed by atoms with E-state index in [-0.39, 0.29) is 27.9 Å². The zero-order valence-corrected chi connectivity index (χ0v) is 41.2. The van der Waals surface area contributed by atoms with Gasteiger partial charge in [0.15, 0.2) is 0 Å². The first-order chi connectivity index (χ1) is 32.1. The van der Waals surface area contributed by atoms with Gasteiger partial charge in [0.1, 0.15) is 22.8 Å². The van der Waals surface area contributed by atoms with E-state index >= 15 is 0 Å². The maximum Gasteiger partial charge on any atom is 0.261 e. The van der Waals surface area contributed by atoms with Crippen molar-refractivity contribution in [3.05, 3.63) is 172 Å². The molecule has 67 heavy (non-hydrogen) atoms. The van der Waals surface area contributed by atoms with Crippen LogP contribution in [0.5, 0.6) is 0 Å². The third kappa shape index (κ3) is 6.47. The van der Waals surface area contributed by atoms with Gasteiger partial charge in [-0.1, -0.05) is 107 Å². The number of hydrogen-bond acceptors (Lipinski definition) is 4. The monoisotopic (exact) mass is 917 g/mol. The number of furan rings is 1. The van der Waals surface area contributed by atoms with E-state index < -0.39 is 11.6 Å². The Morgan fingerprint density at radius 1 is 0.687 bits per heavy atom. The Morgan fingerprint density at radius 3 is 2.19 bits per heavy atom. The second-order valence-corrected chi connectivity index (χ2v) is 23.7. The van der Waals surface area contributed by atoms with Crippen molar-refractivity contribution in [2.45, 2.75) is 108 Å². The summed E-state index contributed by atoms with van der Waals surface area (Å²) in [6, 6.07) is 42.0. The van der Waals surface area contributed by atoms with E-state index in [0.29, 0.717) is 11.1 Å². The van der Waals surface area contributed by atoms with E-state index in [1.807, 2.05) is 23.5 Å². The lowest BCUT2D eigenvalue weighted by atomic mass is 9.36. The lowest BCUT2D eigenvalue weighted by Crippen LogP contribution is -2.58. The van der Waals surface area contributed by atoms with Gasteiger partial charge >= 0.3 is 0 Å². The Balaban J connectivity index is 1.07. The molecule has 2 atom stereocenters. The molecule has 2 nitrogen and oxygen atoms in total. The number of benzene rings is 7. The van der Waals surface area contributed by atoms with E-state index in [4.69, 9.17) is 4.42 Å². The van der Waals surface area contributed by atoms with Crippen molar-refractivity contribution < 1.29 is 13.2 Å². The predicted octanol–water partition coefficient (Wildman–Crippen LogP) is 15.6. The summed E-state index contributed by atoms with van der Waals surface area (Å²) in [6.07, 6.45) is 5.68. The van der Waals surface area contributed by atoms with Gasteiger partial charge in [0.25, 0.3) is 6.71 Å². The first-order valence-electron chi connectivity index (χ1n) is 23.9. The molecule has 0 saturated heterocycles. The van der Waals surface area contributed by atoms with Gasteiger partial charge in [-0.05, 0) is 173 Å². The Labute approximate surface area is 401 Å². The number of rotatable bonds is 5. The van der Waals surface area contributed by atoms with Gasteiger partial charge in [0, 0.05) is 47.6 Å². The molecule has 4 heterocycles. The molecule has 334 valence electrons. The Kier molecular flexibility index (Phi) is 9.68. The highest BCUT2D eigenvalue weighted by molar-refractivity contribution is 8.01. The van der Waals surface area contributed by atoms with E-state index in [1.54, 1.807) is 6.07 Å². The average molecular weight is 918 g/mol. The minimum absolute atomic E-state index is 0.00578. The number of thiophene rings is 1. The highest BCUT2D eigenvalue weighted by Gasteiger charge is 2.56. The Morgan fingerprint density at radius 2 is 1.42 bits per heavy atom. The van der Waals surface area contributed by atoms with Crippen molar-refractivity contribution in [1.82, 2.24) is 0 Å². The molecule has 0 amide bonds. The summed E-state index contributed by atoms with van der Waals surface area (Å²) < 4.78 is 39.3. The fourth-order valence-electron chi connectivity index (χ4n) is 12.0. The van der Waals surface area contributed by atoms with Crippen LogP contribution in [0.2, 0.25) is 0 Å². The summed E-state index contributed by atoms with van der Waals surface area (Å²) in [5, 5.41) is 3.08. The largest absolute Gasteiger partial charge is 0.456 e. The molecule has 0 radical (unpaired) electrons. The summed E-state index contributed by atoms with van der Waals surface area (Å²) >= 11 is 4.14. The molecule has 0 N–H and O–H groups in total. The van der Waals surface area contributed by atoms with Crippen LogP contribution in [-0.2, 0) is 17.3 Å². The van der Waals surface area contributed by atoms with E-state index in [1.165, 1.54) is 125 Å². The molecule has 7 aromatic carbocycles. The molecule has 0 spiro atoms. The van der Waals surface area contributed by atoms with Crippen LogP contribution in [0.15, 0.2) is 131 Å². The summed E-state index contributed by atoms with van der Waals surface area (Å²) in [5.74, 6) is -1.16. The van der Waals surface area contributed by atoms with Gasteiger partial charge in [0.2, 0.25) is 0 Å². The second kappa shape index (κ2) is 15.2. The zero-order chi connectivity index (χ0) is 46.3. The van der Waals surface area contributed by atoms with Crippen LogP contribution in [-0.4, -0.2) is 11.5 Å². The van der Waals surface area contributed by atoms with Gasteiger partial charge in [-0.25, -0.2) is 8.78 Å². The molecule has 9 aromatic rings. The van der Waals surface area contributed by atoms with Gasteiger partial charge < -0.3 is 9.32 Å². The number of thioether (sulfide) groups is 1. The maximum atomic E-state index is 15.0. The Hall–Kier alpha value is -5.63. The molecule has 1 aliphatic carbocycles. The quantitative estimate of drug-likeness (QED) is 0.160. The lowest BCUT2D eigenvalue weighted by molar-refractivity contribution is 0.260. The van der Waals surface area contributed by atoms with Crippen LogP contribution in [0, 0.1) is 32.4 Å². The van der Waals surface area contributed by atoms with Crippen molar-refractivity contribution in [1.29, 1.82) is 0 Å². The molecular weight excluding hydrogens is 864 g/mol.